The molecule has 124 valence electrons. The van der Waals surface area contributed by atoms with Gasteiger partial charge in [-0.25, -0.2) is 4.98 Å². The predicted octanol–water partition coefficient (Wildman–Crippen LogP) is 3.28. The number of anilines is 1. The average Bonchev–Trinajstić information content (AvgIpc) is 3.11. The molecule has 1 N–H and O–H groups in total. The molecule has 2 aromatic rings. The minimum atomic E-state index is -0.286. The second-order valence-corrected chi connectivity index (χ2v) is 7.76. The zero-order chi connectivity index (χ0) is 16.9. The second kappa shape index (κ2) is 5.31. The van der Waals surface area contributed by atoms with E-state index in [-0.39, 0.29) is 23.9 Å². The van der Waals surface area contributed by atoms with Gasteiger partial charge < -0.3 is 9.47 Å². The molecule has 0 saturated carbocycles. The number of aromatic nitrogens is 1. The first-order valence-corrected chi connectivity index (χ1v) is 8.47. The van der Waals surface area contributed by atoms with Gasteiger partial charge in [0.25, 0.3) is 5.91 Å². The van der Waals surface area contributed by atoms with Crippen LogP contribution >= 0.6 is 11.3 Å². The summed E-state index contributed by atoms with van der Waals surface area (Å²) in [5.41, 5.74) is 1.15. The van der Waals surface area contributed by atoms with Gasteiger partial charge in [-0.15, -0.1) is 0 Å². The molecular weight excluding hydrogens is 328 g/mol. The number of hydrogen-bond acceptors (Lipinski definition) is 6. The summed E-state index contributed by atoms with van der Waals surface area (Å²) in [6, 6.07) is 5.01. The van der Waals surface area contributed by atoms with E-state index in [0.717, 1.165) is 12.1 Å². The van der Waals surface area contributed by atoms with Crippen molar-refractivity contribution in [1.82, 2.24) is 4.98 Å². The van der Waals surface area contributed by atoms with Crippen molar-refractivity contribution in [2.24, 2.45) is 5.41 Å². The molecule has 0 fully saturated rings. The van der Waals surface area contributed by atoms with Gasteiger partial charge in [-0.3, -0.25) is 14.9 Å². The lowest BCUT2D eigenvalue weighted by molar-refractivity contribution is 0.0915. The molecular formula is C17H16N2O4S. The Labute approximate surface area is 142 Å². The molecule has 2 heterocycles. The van der Waals surface area contributed by atoms with E-state index in [1.165, 1.54) is 11.3 Å². The van der Waals surface area contributed by atoms with Crippen molar-refractivity contribution in [1.29, 1.82) is 0 Å². The summed E-state index contributed by atoms with van der Waals surface area (Å²) in [4.78, 5) is 29.7. The monoisotopic (exact) mass is 344 g/mol. The van der Waals surface area contributed by atoms with E-state index in [1.807, 2.05) is 0 Å². The van der Waals surface area contributed by atoms with E-state index in [2.05, 4.69) is 24.1 Å². The lowest BCUT2D eigenvalue weighted by Crippen LogP contribution is -2.26. The molecule has 0 saturated heterocycles. The molecule has 0 unspecified atom stereocenters. The number of amides is 1. The summed E-state index contributed by atoms with van der Waals surface area (Å²) in [7, 11) is 0. The number of ether oxygens (including phenoxy) is 2. The number of carbonyl (C=O) groups excluding carboxylic acids is 2. The van der Waals surface area contributed by atoms with E-state index in [4.69, 9.17) is 9.47 Å². The fraction of sp³-hybridized carbons (Fsp3) is 0.353. The standard InChI is InChI=1S/C17H16N2O4S/c1-17(2)6-10-14(11(20)7-17)24-16(18-10)19-15(21)9-3-4-12-13(5-9)23-8-22-12/h3-5H,6-8H2,1-2H3,(H,18,19,21). The zero-order valence-corrected chi connectivity index (χ0v) is 14.2. The van der Waals surface area contributed by atoms with Crippen molar-refractivity contribution in [3.8, 4) is 11.5 Å². The second-order valence-electron chi connectivity index (χ2n) is 6.76. The van der Waals surface area contributed by atoms with Gasteiger partial charge in [0.2, 0.25) is 6.79 Å². The zero-order valence-electron chi connectivity index (χ0n) is 13.3. The fourth-order valence-corrected chi connectivity index (χ4v) is 3.90. The van der Waals surface area contributed by atoms with Crippen LogP contribution in [0.4, 0.5) is 5.13 Å². The molecule has 1 aromatic heterocycles. The maximum Gasteiger partial charge on any atom is 0.257 e. The smallest absolute Gasteiger partial charge is 0.257 e. The molecule has 1 aliphatic heterocycles. The lowest BCUT2D eigenvalue weighted by Gasteiger charge is -2.26. The summed E-state index contributed by atoms with van der Waals surface area (Å²) in [5, 5.41) is 3.23. The number of ketones is 1. The normalized spacial score (nSPS) is 17.5. The van der Waals surface area contributed by atoms with Crippen LogP contribution in [0.5, 0.6) is 11.5 Å². The van der Waals surface area contributed by atoms with Gasteiger partial charge in [0.1, 0.15) is 0 Å². The molecule has 7 heteroatoms. The highest BCUT2D eigenvalue weighted by molar-refractivity contribution is 7.17. The number of fused-ring (bicyclic) bond motifs is 2. The number of nitrogens with zero attached hydrogens (tertiary/aromatic N) is 1. The first-order chi connectivity index (χ1) is 11.4. The van der Waals surface area contributed by atoms with Gasteiger partial charge in [-0.05, 0) is 30.0 Å². The highest BCUT2D eigenvalue weighted by atomic mass is 32.1. The Morgan fingerprint density at radius 3 is 2.88 bits per heavy atom. The molecule has 0 atom stereocenters. The van der Waals surface area contributed by atoms with E-state index >= 15 is 0 Å². The van der Waals surface area contributed by atoms with Crippen molar-refractivity contribution in [2.75, 3.05) is 12.1 Å². The van der Waals surface area contributed by atoms with Crippen LogP contribution in [-0.4, -0.2) is 23.5 Å². The Morgan fingerprint density at radius 2 is 2.04 bits per heavy atom. The van der Waals surface area contributed by atoms with Crippen LogP contribution in [0.25, 0.3) is 0 Å². The molecule has 0 radical (unpaired) electrons. The van der Waals surface area contributed by atoms with E-state index in [9.17, 15) is 9.59 Å². The Kier molecular flexibility index (Phi) is 3.35. The van der Waals surface area contributed by atoms with Gasteiger partial charge in [-0.1, -0.05) is 25.2 Å². The number of benzene rings is 1. The molecule has 6 nitrogen and oxygen atoms in total. The highest BCUT2D eigenvalue weighted by Gasteiger charge is 2.34. The maximum atomic E-state index is 12.4. The third-order valence-electron chi connectivity index (χ3n) is 4.09. The predicted molar refractivity (Wildman–Crippen MR) is 89.1 cm³/mol. The summed E-state index contributed by atoms with van der Waals surface area (Å²) in [5.74, 6) is 0.996. The maximum absolute atomic E-state index is 12.4. The van der Waals surface area contributed by atoms with Crippen molar-refractivity contribution < 1.29 is 19.1 Å². The SMILES string of the molecule is CC1(C)CC(=O)c2sc(NC(=O)c3ccc4c(c3)OCO4)nc2C1. The molecule has 1 amide bonds. The minimum absolute atomic E-state index is 0.0865. The van der Waals surface area contributed by atoms with Crippen molar-refractivity contribution in [3.63, 3.8) is 0 Å². The van der Waals surface area contributed by atoms with Gasteiger partial charge >= 0.3 is 0 Å². The number of nitrogens with one attached hydrogen (secondary N) is 1. The Bertz CT molecular complexity index is 856. The number of rotatable bonds is 2. The molecule has 4 rings (SSSR count). The number of carbonyl (C=O) groups is 2. The molecule has 0 bridgehead atoms. The Hall–Kier alpha value is -2.41. The first kappa shape index (κ1) is 15.1. The third-order valence-corrected chi connectivity index (χ3v) is 5.15. The van der Waals surface area contributed by atoms with Crippen LogP contribution in [0.1, 0.15) is 46.0 Å². The highest BCUT2D eigenvalue weighted by Crippen LogP contribution is 2.38. The van der Waals surface area contributed by atoms with Crippen LogP contribution in [0.3, 0.4) is 0 Å². The number of hydrogen-bond donors (Lipinski definition) is 1. The average molecular weight is 344 g/mol. The van der Waals surface area contributed by atoms with Gasteiger partial charge in [0, 0.05) is 12.0 Å². The number of Topliss-reactive ketones (excluding diaryl/α,β-unsaturated/α-hetero) is 1. The van der Waals surface area contributed by atoms with Gasteiger partial charge in [0.15, 0.2) is 22.4 Å². The van der Waals surface area contributed by atoms with Crippen LogP contribution in [0, 0.1) is 5.41 Å². The molecule has 1 aromatic carbocycles. The minimum Gasteiger partial charge on any atom is -0.454 e. The summed E-state index contributed by atoms with van der Waals surface area (Å²) >= 11 is 1.24. The number of thiazole rings is 1. The fourth-order valence-electron chi connectivity index (χ4n) is 2.98. The van der Waals surface area contributed by atoms with Crippen molar-refractivity contribution in [2.45, 2.75) is 26.7 Å². The topological polar surface area (TPSA) is 77.5 Å². The summed E-state index contributed by atoms with van der Waals surface area (Å²) < 4.78 is 10.5. The van der Waals surface area contributed by atoms with Gasteiger partial charge in [-0.2, -0.15) is 0 Å². The van der Waals surface area contributed by atoms with Crippen molar-refractivity contribution >= 4 is 28.2 Å². The first-order valence-electron chi connectivity index (χ1n) is 7.65. The van der Waals surface area contributed by atoms with Crippen molar-refractivity contribution in [3.05, 3.63) is 34.3 Å². The van der Waals surface area contributed by atoms with Crippen LogP contribution < -0.4 is 14.8 Å². The van der Waals surface area contributed by atoms with E-state index < -0.39 is 0 Å². The van der Waals surface area contributed by atoms with Crippen LogP contribution in [0.2, 0.25) is 0 Å². The van der Waals surface area contributed by atoms with Crippen LogP contribution in [-0.2, 0) is 6.42 Å². The van der Waals surface area contributed by atoms with Gasteiger partial charge in [0.05, 0.1) is 10.6 Å². The molecule has 1 aliphatic carbocycles. The quantitative estimate of drug-likeness (QED) is 0.904. The third kappa shape index (κ3) is 2.65. The van der Waals surface area contributed by atoms with Crippen LogP contribution in [0.15, 0.2) is 18.2 Å². The molecule has 2 aliphatic rings. The lowest BCUT2D eigenvalue weighted by atomic mass is 9.78. The molecule has 0 spiro atoms. The summed E-state index contributed by atoms with van der Waals surface area (Å²) in [6.07, 6.45) is 1.25. The molecule has 24 heavy (non-hydrogen) atoms. The summed E-state index contributed by atoms with van der Waals surface area (Å²) in [6.45, 7) is 4.27. The largest absolute Gasteiger partial charge is 0.454 e. The Balaban J connectivity index is 1.56. The van der Waals surface area contributed by atoms with E-state index in [1.54, 1.807) is 18.2 Å². The Morgan fingerprint density at radius 1 is 1.25 bits per heavy atom. The van der Waals surface area contributed by atoms with E-state index in [0.29, 0.717) is 33.5 Å².